The normalized spacial score (nSPS) is 11.7. The Morgan fingerprint density at radius 1 is 1.47 bits per heavy atom. The molecule has 1 atom stereocenters. The van der Waals surface area contributed by atoms with Crippen LogP contribution < -0.4 is 10.6 Å². The van der Waals surface area contributed by atoms with Crippen LogP contribution in [0.1, 0.15) is 19.8 Å². The van der Waals surface area contributed by atoms with E-state index in [1.165, 1.54) is 12.1 Å². The van der Waals surface area contributed by atoms with Gasteiger partial charge >= 0.3 is 12.0 Å². The molecule has 0 heterocycles. The summed E-state index contributed by atoms with van der Waals surface area (Å²) in [6, 6.07) is 2.86. The van der Waals surface area contributed by atoms with Crippen molar-refractivity contribution in [3.63, 3.8) is 0 Å². The van der Waals surface area contributed by atoms with Crippen LogP contribution in [0.3, 0.4) is 0 Å². The Morgan fingerprint density at radius 2 is 2.16 bits per heavy atom. The first-order valence-electron chi connectivity index (χ1n) is 5.63. The average molecular weight is 289 g/mol. The van der Waals surface area contributed by atoms with Crippen molar-refractivity contribution in [2.45, 2.75) is 25.8 Å². The van der Waals surface area contributed by atoms with E-state index in [1.807, 2.05) is 0 Å². The van der Waals surface area contributed by atoms with Crippen LogP contribution in [0.2, 0.25) is 5.02 Å². The van der Waals surface area contributed by atoms with Crippen LogP contribution in [-0.4, -0.2) is 23.1 Å². The molecule has 0 aliphatic carbocycles. The fraction of sp³-hybridized carbons (Fsp3) is 0.333. The summed E-state index contributed by atoms with van der Waals surface area (Å²) in [5, 5.41) is 13.6. The summed E-state index contributed by atoms with van der Waals surface area (Å²) in [4.78, 5) is 21.9. The molecule has 0 saturated heterocycles. The number of halogens is 2. The van der Waals surface area contributed by atoms with Gasteiger partial charge < -0.3 is 15.7 Å². The van der Waals surface area contributed by atoms with Gasteiger partial charge in [0.1, 0.15) is 5.82 Å². The number of rotatable bonds is 5. The second-order valence-electron chi connectivity index (χ2n) is 4.06. The number of amides is 2. The highest BCUT2D eigenvalue weighted by Gasteiger charge is 2.11. The van der Waals surface area contributed by atoms with Crippen LogP contribution in [0.4, 0.5) is 14.9 Å². The van der Waals surface area contributed by atoms with Crippen molar-refractivity contribution in [3.8, 4) is 0 Å². The van der Waals surface area contributed by atoms with Gasteiger partial charge in [-0.1, -0.05) is 11.6 Å². The molecule has 104 valence electrons. The third-order valence-electron chi connectivity index (χ3n) is 2.35. The molecule has 0 saturated carbocycles. The summed E-state index contributed by atoms with van der Waals surface area (Å²) >= 11 is 5.69. The summed E-state index contributed by atoms with van der Waals surface area (Å²) < 4.78 is 13.3. The molecule has 1 rings (SSSR count). The smallest absolute Gasteiger partial charge is 0.319 e. The van der Waals surface area contributed by atoms with Crippen LogP contribution >= 0.6 is 11.6 Å². The molecule has 3 N–H and O–H groups in total. The third kappa shape index (κ3) is 5.56. The van der Waals surface area contributed by atoms with E-state index in [1.54, 1.807) is 6.92 Å². The molecule has 5 nitrogen and oxygen atoms in total. The van der Waals surface area contributed by atoms with Gasteiger partial charge in [0.15, 0.2) is 0 Å². The zero-order chi connectivity index (χ0) is 14.4. The van der Waals surface area contributed by atoms with Gasteiger partial charge in [0.25, 0.3) is 0 Å². The predicted molar refractivity (Wildman–Crippen MR) is 69.9 cm³/mol. The molecule has 0 aliphatic heterocycles. The number of aliphatic carboxylic acids is 1. The quantitative estimate of drug-likeness (QED) is 0.779. The van der Waals surface area contributed by atoms with Crippen LogP contribution in [-0.2, 0) is 4.79 Å². The highest BCUT2D eigenvalue weighted by Crippen LogP contribution is 2.19. The number of carboxylic acid groups (broad SMARTS) is 1. The number of hydrogen-bond acceptors (Lipinski definition) is 2. The lowest BCUT2D eigenvalue weighted by Crippen LogP contribution is -2.36. The predicted octanol–water partition coefficient (Wildman–Crippen LogP) is 2.85. The molecule has 19 heavy (non-hydrogen) atoms. The lowest BCUT2D eigenvalue weighted by atomic mass is 10.2. The topological polar surface area (TPSA) is 78.4 Å². The summed E-state index contributed by atoms with van der Waals surface area (Å²) in [5.41, 5.74) is -0.0320. The summed E-state index contributed by atoms with van der Waals surface area (Å²) in [6.45, 7) is 1.66. The average Bonchev–Trinajstić information content (AvgIpc) is 2.31. The number of carboxylic acids is 1. The molecule has 0 aliphatic rings. The number of anilines is 1. The van der Waals surface area contributed by atoms with Gasteiger partial charge in [-0.05, 0) is 31.5 Å². The highest BCUT2D eigenvalue weighted by molar-refractivity contribution is 6.30. The Morgan fingerprint density at radius 3 is 2.79 bits per heavy atom. The van der Waals surface area contributed by atoms with E-state index in [-0.39, 0.29) is 18.2 Å². The second-order valence-corrected chi connectivity index (χ2v) is 4.49. The van der Waals surface area contributed by atoms with Crippen molar-refractivity contribution in [1.29, 1.82) is 0 Å². The molecule has 0 spiro atoms. The Labute approximate surface area is 114 Å². The van der Waals surface area contributed by atoms with Crippen LogP contribution in [0.25, 0.3) is 0 Å². The van der Waals surface area contributed by atoms with E-state index in [4.69, 9.17) is 16.7 Å². The van der Waals surface area contributed by atoms with Crippen molar-refractivity contribution >= 4 is 29.3 Å². The molecule has 0 bridgehead atoms. The Hall–Kier alpha value is -1.82. The third-order valence-corrected chi connectivity index (χ3v) is 2.58. The minimum atomic E-state index is -0.935. The number of carbonyl (C=O) groups excluding carboxylic acids is 1. The Bertz CT molecular complexity index is 482. The summed E-state index contributed by atoms with van der Waals surface area (Å²) in [5.74, 6) is -1.53. The lowest BCUT2D eigenvalue weighted by molar-refractivity contribution is -0.137. The standard InChI is InChI=1S/C12H14ClFN2O3/c1-7(2-5-11(17)18)15-12(19)16-10-6-8(13)3-4-9(10)14/h3-4,6-7H,2,5H2,1H3,(H,17,18)(H2,15,16,19). The number of hydrogen-bond donors (Lipinski definition) is 3. The van der Waals surface area contributed by atoms with Crippen molar-refractivity contribution in [3.05, 3.63) is 29.0 Å². The minimum absolute atomic E-state index is 0.0320. The molecule has 2 amide bonds. The van der Waals surface area contributed by atoms with E-state index < -0.39 is 17.8 Å². The van der Waals surface area contributed by atoms with Gasteiger partial charge in [-0.15, -0.1) is 0 Å². The molecule has 1 unspecified atom stereocenters. The van der Waals surface area contributed by atoms with Gasteiger partial charge in [0, 0.05) is 17.5 Å². The number of benzene rings is 1. The lowest BCUT2D eigenvalue weighted by Gasteiger charge is -2.14. The molecular weight excluding hydrogens is 275 g/mol. The fourth-order valence-corrected chi connectivity index (χ4v) is 1.56. The molecule has 1 aromatic carbocycles. The van der Waals surface area contributed by atoms with Crippen LogP contribution in [0.5, 0.6) is 0 Å². The molecule has 7 heteroatoms. The van der Waals surface area contributed by atoms with Gasteiger partial charge in [0.2, 0.25) is 0 Å². The van der Waals surface area contributed by atoms with E-state index in [0.29, 0.717) is 11.4 Å². The van der Waals surface area contributed by atoms with Crippen LogP contribution in [0, 0.1) is 5.82 Å². The molecule has 0 radical (unpaired) electrons. The first-order valence-corrected chi connectivity index (χ1v) is 6.00. The largest absolute Gasteiger partial charge is 0.481 e. The fourth-order valence-electron chi connectivity index (χ4n) is 1.39. The van der Waals surface area contributed by atoms with Crippen molar-refractivity contribution in [2.24, 2.45) is 0 Å². The van der Waals surface area contributed by atoms with Crippen molar-refractivity contribution in [2.75, 3.05) is 5.32 Å². The van der Waals surface area contributed by atoms with Crippen molar-refractivity contribution in [1.82, 2.24) is 5.32 Å². The molecule has 1 aromatic rings. The van der Waals surface area contributed by atoms with Crippen molar-refractivity contribution < 1.29 is 19.1 Å². The van der Waals surface area contributed by atoms with Gasteiger partial charge in [-0.3, -0.25) is 4.79 Å². The SMILES string of the molecule is CC(CCC(=O)O)NC(=O)Nc1cc(Cl)ccc1F. The van der Waals surface area contributed by atoms with E-state index in [2.05, 4.69) is 10.6 Å². The monoisotopic (exact) mass is 288 g/mol. The van der Waals surface area contributed by atoms with Gasteiger partial charge in [-0.25, -0.2) is 9.18 Å². The van der Waals surface area contributed by atoms with Gasteiger partial charge in [-0.2, -0.15) is 0 Å². The molecular formula is C12H14ClFN2O3. The summed E-state index contributed by atoms with van der Waals surface area (Å²) in [6.07, 6.45) is 0.244. The Balaban J connectivity index is 2.50. The zero-order valence-corrected chi connectivity index (χ0v) is 11.0. The highest BCUT2D eigenvalue weighted by atomic mass is 35.5. The number of urea groups is 1. The zero-order valence-electron chi connectivity index (χ0n) is 10.2. The number of nitrogens with one attached hydrogen (secondary N) is 2. The van der Waals surface area contributed by atoms with E-state index in [0.717, 1.165) is 6.07 Å². The van der Waals surface area contributed by atoms with E-state index in [9.17, 15) is 14.0 Å². The number of carbonyl (C=O) groups is 2. The maximum atomic E-state index is 13.3. The maximum Gasteiger partial charge on any atom is 0.319 e. The van der Waals surface area contributed by atoms with E-state index >= 15 is 0 Å². The Kier molecular flexibility index (Phi) is 5.57. The second kappa shape index (κ2) is 6.94. The minimum Gasteiger partial charge on any atom is -0.481 e. The summed E-state index contributed by atoms with van der Waals surface area (Å²) in [7, 11) is 0. The first kappa shape index (κ1) is 15.2. The maximum absolute atomic E-state index is 13.3. The van der Waals surface area contributed by atoms with Crippen LogP contribution in [0.15, 0.2) is 18.2 Å². The molecule has 0 fully saturated rings. The van der Waals surface area contributed by atoms with Gasteiger partial charge in [0.05, 0.1) is 5.69 Å². The molecule has 0 aromatic heterocycles. The first-order chi connectivity index (χ1) is 8.88.